The van der Waals surface area contributed by atoms with E-state index in [9.17, 15) is 8.42 Å². The van der Waals surface area contributed by atoms with Gasteiger partial charge in [-0.25, -0.2) is 13.6 Å². The maximum atomic E-state index is 12.1. The van der Waals surface area contributed by atoms with Gasteiger partial charge in [-0.1, -0.05) is 66.5 Å². The summed E-state index contributed by atoms with van der Waals surface area (Å²) in [7, 11) is -3.79. The van der Waals surface area contributed by atoms with Gasteiger partial charge in [-0.3, -0.25) is 0 Å². The molecule has 2 saturated heterocycles. The largest absolute Gasteiger partial charge is 0.353 e. The van der Waals surface area contributed by atoms with Crippen LogP contribution in [-0.2, 0) is 29.0 Å². The molecule has 3 rings (SSSR count). The first kappa shape index (κ1) is 34.5. The molecular formula is C33H57NO6S. The van der Waals surface area contributed by atoms with Crippen LogP contribution in [0.25, 0.3) is 0 Å². The molecule has 4 unspecified atom stereocenters. The molecule has 0 saturated carbocycles. The van der Waals surface area contributed by atoms with Gasteiger partial charge in [-0.15, -0.1) is 0 Å². The van der Waals surface area contributed by atoms with Crippen molar-refractivity contribution in [2.24, 2.45) is 16.0 Å². The highest BCUT2D eigenvalue weighted by Gasteiger charge is 2.37. The smallest absolute Gasteiger partial charge is 0.238 e. The Bertz CT molecular complexity index is 942. The lowest BCUT2D eigenvalue weighted by Gasteiger charge is -2.39. The normalized spacial score (nSPS) is 23.2. The third kappa shape index (κ3) is 12.6. The Balaban J connectivity index is 1.99. The van der Waals surface area contributed by atoms with Gasteiger partial charge in [-0.05, 0) is 92.7 Å². The number of ether oxygens (including phenoxy) is 4. The van der Waals surface area contributed by atoms with Crippen LogP contribution in [-0.4, -0.2) is 46.4 Å². The molecule has 2 N–H and O–H groups in total. The molecule has 0 spiro atoms. The van der Waals surface area contributed by atoms with Gasteiger partial charge in [0.15, 0.2) is 12.6 Å². The van der Waals surface area contributed by atoms with Crippen LogP contribution in [0.2, 0.25) is 0 Å². The van der Waals surface area contributed by atoms with E-state index in [0.717, 1.165) is 82.6 Å². The zero-order chi connectivity index (χ0) is 30.1. The maximum absolute atomic E-state index is 12.1. The van der Waals surface area contributed by atoms with E-state index in [0.29, 0.717) is 13.2 Å². The van der Waals surface area contributed by atoms with Gasteiger partial charge in [0.2, 0.25) is 10.0 Å². The van der Waals surface area contributed by atoms with Crippen LogP contribution in [0.1, 0.15) is 130 Å². The summed E-state index contributed by atoms with van der Waals surface area (Å²) in [5.74, 6) is -0.111. The molecule has 1 aromatic carbocycles. The molecule has 0 bridgehead atoms. The fourth-order valence-corrected chi connectivity index (χ4v) is 6.42. The standard InChI is InChI=1S/C33H57NO6S/c1-32(2,3)21-11-13-27(39-29-15-7-9-23-37-29)31(25-17-19-26(20-18-25)41(34,35)36)28(14-12-22-33(4,5)6)40-30-16-8-10-24-38-30/h17-20,27-31H,7-16,21-24H2,1-6H3,(H2,34,35,36). The quantitative estimate of drug-likeness (QED) is 0.237. The van der Waals surface area contributed by atoms with Crippen LogP contribution in [0, 0.1) is 10.8 Å². The molecule has 0 aliphatic carbocycles. The van der Waals surface area contributed by atoms with Crippen LogP contribution in [0.4, 0.5) is 0 Å². The van der Waals surface area contributed by atoms with Crippen LogP contribution in [0.15, 0.2) is 29.2 Å². The third-order valence-electron chi connectivity index (χ3n) is 8.15. The fraction of sp³-hybridized carbons (Fsp3) is 0.818. The third-order valence-corrected chi connectivity index (χ3v) is 9.08. The lowest BCUT2D eigenvalue weighted by atomic mass is 9.80. The SMILES string of the molecule is CC(C)(C)CCCC(OC1CCCCO1)C(c1ccc(S(N)(=O)=O)cc1)C(CCCC(C)(C)C)OC1CCCCO1. The van der Waals surface area contributed by atoms with Gasteiger partial charge in [0.25, 0.3) is 0 Å². The predicted molar refractivity (Wildman–Crippen MR) is 164 cm³/mol. The Labute approximate surface area is 250 Å². The van der Waals surface area contributed by atoms with Crippen molar-refractivity contribution in [3.8, 4) is 0 Å². The first-order valence-electron chi connectivity index (χ1n) is 15.9. The summed E-state index contributed by atoms with van der Waals surface area (Å²) in [4.78, 5) is 0.113. The molecule has 2 heterocycles. The van der Waals surface area contributed by atoms with Crippen LogP contribution in [0.3, 0.4) is 0 Å². The van der Waals surface area contributed by atoms with Gasteiger partial charge >= 0.3 is 0 Å². The summed E-state index contributed by atoms with van der Waals surface area (Å²) < 4.78 is 50.0. The van der Waals surface area contributed by atoms with Crippen molar-refractivity contribution in [2.75, 3.05) is 13.2 Å². The van der Waals surface area contributed by atoms with Gasteiger partial charge in [0.1, 0.15) is 0 Å². The summed E-state index contributed by atoms with van der Waals surface area (Å²) >= 11 is 0. The monoisotopic (exact) mass is 595 g/mol. The van der Waals surface area contributed by atoms with Crippen LogP contribution in [0.5, 0.6) is 0 Å². The van der Waals surface area contributed by atoms with Crippen molar-refractivity contribution >= 4 is 10.0 Å². The van der Waals surface area contributed by atoms with Crippen molar-refractivity contribution in [3.63, 3.8) is 0 Å². The predicted octanol–water partition coefficient (Wildman–Crippen LogP) is 7.67. The average Bonchev–Trinajstić information content (AvgIpc) is 2.88. The van der Waals surface area contributed by atoms with Crippen molar-refractivity contribution in [1.82, 2.24) is 0 Å². The number of hydrogen-bond acceptors (Lipinski definition) is 6. The topological polar surface area (TPSA) is 97.1 Å². The summed E-state index contributed by atoms with van der Waals surface area (Å²) in [5, 5.41) is 5.45. The van der Waals surface area contributed by atoms with E-state index in [4.69, 9.17) is 24.1 Å². The minimum absolute atomic E-state index is 0.111. The Kier molecular flexibility index (Phi) is 13.1. The Morgan fingerprint density at radius 1 is 0.780 bits per heavy atom. The molecule has 236 valence electrons. The van der Waals surface area contributed by atoms with E-state index in [1.165, 1.54) is 0 Å². The van der Waals surface area contributed by atoms with E-state index in [2.05, 4.69) is 41.5 Å². The molecule has 41 heavy (non-hydrogen) atoms. The molecule has 2 aliphatic rings. The van der Waals surface area contributed by atoms with E-state index >= 15 is 0 Å². The highest BCUT2D eigenvalue weighted by atomic mass is 32.2. The van der Waals surface area contributed by atoms with Gasteiger partial charge in [0.05, 0.1) is 17.1 Å². The van der Waals surface area contributed by atoms with Crippen molar-refractivity contribution in [3.05, 3.63) is 29.8 Å². The minimum Gasteiger partial charge on any atom is -0.353 e. The lowest BCUT2D eigenvalue weighted by Crippen LogP contribution is -2.40. The van der Waals surface area contributed by atoms with Gasteiger partial charge in [-0.2, -0.15) is 0 Å². The number of benzene rings is 1. The molecule has 0 aromatic heterocycles. The van der Waals surface area contributed by atoms with Gasteiger partial charge in [0, 0.05) is 19.1 Å². The Morgan fingerprint density at radius 3 is 1.56 bits per heavy atom. The molecular weight excluding hydrogens is 538 g/mol. The maximum Gasteiger partial charge on any atom is 0.238 e. The van der Waals surface area contributed by atoms with Crippen molar-refractivity contribution in [1.29, 1.82) is 0 Å². The minimum atomic E-state index is -3.79. The zero-order valence-corrected chi connectivity index (χ0v) is 27.3. The van der Waals surface area contributed by atoms with E-state index in [-0.39, 0.29) is 46.4 Å². The summed E-state index contributed by atoms with van der Waals surface area (Å²) in [6, 6.07) is 7.02. The highest BCUT2D eigenvalue weighted by Crippen LogP contribution is 2.38. The van der Waals surface area contributed by atoms with Crippen molar-refractivity contribution < 1.29 is 27.4 Å². The summed E-state index contributed by atoms with van der Waals surface area (Å²) in [6.07, 6.45) is 11.2. The molecule has 1 aromatic rings. The second-order valence-electron chi connectivity index (χ2n) is 14.5. The molecule has 4 atom stereocenters. The molecule has 8 heteroatoms. The first-order valence-corrected chi connectivity index (χ1v) is 17.4. The van der Waals surface area contributed by atoms with Crippen molar-refractivity contribution in [2.45, 2.75) is 154 Å². The molecule has 2 fully saturated rings. The van der Waals surface area contributed by atoms with Crippen LogP contribution >= 0.6 is 0 Å². The molecule has 2 aliphatic heterocycles. The second-order valence-corrected chi connectivity index (χ2v) is 16.0. The highest BCUT2D eigenvalue weighted by molar-refractivity contribution is 7.89. The van der Waals surface area contributed by atoms with Gasteiger partial charge < -0.3 is 18.9 Å². The summed E-state index contributed by atoms with van der Waals surface area (Å²) in [5.41, 5.74) is 1.44. The number of nitrogens with two attached hydrogens (primary N) is 1. The lowest BCUT2D eigenvalue weighted by molar-refractivity contribution is -0.224. The number of hydrogen-bond donors (Lipinski definition) is 1. The number of sulfonamides is 1. The summed E-state index contributed by atoms with van der Waals surface area (Å²) in [6.45, 7) is 15.1. The number of primary sulfonamides is 1. The zero-order valence-electron chi connectivity index (χ0n) is 26.5. The fourth-order valence-electron chi connectivity index (χ4n) is 5.91. The average molecular weight is 596 g/mol. The first-order chi connectivity index (χ1) is 19.2. The van der Waals surface area contributed by atoms with E-state index in [1.807, 2.05) is 12.1 Å². The van der Waals surface area contributed by atoms with Crippen LogP contribution < -0.4 is 5.14 Å². The molecule has 0 amide bonds. The second kappa shape index (κ2) is 15.6. The Hall–Kier alpha value is -1.03. The van der Waals surface area contributed by atoms with E-state index < -0.39 is 10.0 Å². The molecule has 0 radical (unpaired) electrons. The van der Waals surface area contributed by atoms with E-state index in [1.54, 1.807) is 12.1 Å². The Morgan fingerprint density at radius 2 is 1.22 bits per heavy atom. The molecule has 7 nitrogen and oxygen atoms in total. The number of rotatable bonds is 14.